The van der Waals surface area contributed by atoms with E-state index in [1.54, 1.807) is 0 Å². The molecule has 7 heteroatoms. The predicted molar refractivity (Wildman–Crippen MR) is 71.4 cm³/mol. The van der Waals surface area contributed by atoms with Crippen LogP contribution < -0.4 is 5.32 Å². The second kappa shape index (κ2) is 6.65. The molecule has 2 N–H and O–H groups in total. The molecule has 0 spiro atoms. The zero-order valence-corrected chi connectivity index (χ0v) is 11.2. The number of rotatable bonds is 6. The first-order valence-corrected chi connectivity index (χ1v) is 6.10. The summed E-state index contributed by atoms with van der Waals surface area (Å²) in [6, 6.07) is 4.36. The summed E-state index contributed by atoms with van der Waals surface area (Å²) >= 11 is 0. The first-order valence-electron chi connectivity index (χ1n) is 6.10. The van der Waals surface area contributed by atoms with E-state index < -0.39 is 22.8 Å². The van der Waals surface area contributed by atoms with Crippen LogP contribution in [0, 0.1) is 16.0 Å². The quantitative estimate of drug-likeness (QED) is 0.610. The van der Waals surface area contributed by atoms with Crippen LogP contribution in [-0.2, 0) is 4.79 Å². The van der Waals surface area contributed by atoms with E-state index in [4.69, 9.17) is 5.11 Å². The Bertz CT molecular complexity index is 527. The van der Waals surface area contributed by atoms with Crippen LogP contribution in [0.4, 0.5) is 5.69 Å². The Balaban J connectivity index is 2.95. The molecule has 20 heavy (non-hydrogen) atoms. The first-order chi connectivity index (χ1) is 9.32. The number of hydrogen-bond acceptors (Lipinski definition) is 4. The van der Waals surface area contributed by atoms with E-state index in [0.717, 1.165) is 0 Å². The monoisotopic (exact) mass is 280 g/mol. The van der Waals surface area contributed by atoms with Gasteiger partial charge in [0.25, 0.3) is 11.6 Å². The van der Waals surface area contributed by atoms with Crippen molar-refractivity contribution < 1.29 is 19.6 Å². The highest BCUT2D eigenvalue weighted by molar-refractivity contribution is 5.99. The van der Waals surface area contributed by atoms with Gasteiger partial charge in [-0.1, -0.05) is 26.0 Å². The number of benzene rings is 1. The molecule has 0 saturated heterocycles. The third kappa shape index (κ3) is 4.04. The molecule has 0 aromatic heterocycles. The number of carboxylic acid groups (broad SMARTS) is 1. The second-order valence-electron chi connectivity index (χ2n) is 4.77. The second-order valence-corrected chi connectivity index (χ2v) is 4.77. The summed E-state index contributed by atoms with van der Waals surface area (Å²) in [4.78, 5) is 33.2. The highest BCUT2D eigenvalue weighted by Gasteiger charge is 2.25. The molecule has 1 rings (SSSR count). The molecule has 0 bridgehead atoms. The van der Waals surface area contributed by atoms with Crippen LogP contribution in [0.25, 0.3) is 0 Å². The van der Waals surface area contributed by atoms with Crippen LogP contribution in [0.1, 0.15) is 30.6 Å². The van der Waals surface area contributed by atoms with E-state index in [0.29, 0.717) is 0 Å². The number of nitrogens with one attached hydrogen (secondary N) is 1. The van der Waals surface area contributed by atoms with Gasteiger partial charge in [0.2, 0.25) is 0 Å². The molecule has 0 fully saturated rings. The van der Waals surface area contributed by atoms with E-state index in [1.165, 1.54) is 24.3 Å². The van der Waals surface area contributed by atoms with Gasteiger partial charge in [0.15, 0.2) is 0 Å². The van der Waals surface area contributed by atoms with E-state index in [9.17, 15) is 19.7 Å². The maximum atomic E-state index is 12.0. The van der Waals surface area contributed by atoms with Crippen molar-refractivity contribution in [1.82, 2.24) is 5.32 Å². The van der Waals surface area contributed by atoms with Crippen LogP contribution in [0.15, 0.2) is 24.3 Å². The Kier molecular flexibility index (Phi) is 5.19. The number of para-hydroxylation sites is 1. The Hall–Kier alpha value is -2.44. The molecule has 1 aromatic carbocycles. The average molecular weight is 280 g/mol. The molecule has 0 aliphatic carbocycles. The van der Waals surface area contributed by atoms with Gasteiger partial charge < -0.3 is 10.4 Å². The standard InChI is InChI=1S/C13H16N2O5/c1-8(2)7-10(13(17)18)14-12(16)9-5-3-4-6-11(9)15(19)20/h3-6,8,10H,7H2,1-2H3,(H,14,16)(H,17,18). The van der Waals surface area contributed by atoms with Crippen molar-refractivity contribution in [2.24, 2.45) is 5.92 Å². The third-order valence-electron chi connectivity index (χ3n) is 2.66. The van der Waals surface area contributed by atoms with E-state index >= 15 is 0 Å². The van der Waals surface area contributed by atoms with Gasteiger partial charge in [-0.3, -0.25) is 14.9 Å². The molecule has 0 heterocycles. The van der Waals surface area contributed by atoms with Crippen molar-refractivity contribution in [3.8, 4) is 0 Å². The molecule has 1 amide bonds. The van der Waals surface area contributed by atoms with Gasteiger partial charge in [0.1, 0.15) is 11.6 Å². The minimum atomic E-state index is -1.16. The minimum Gasteiger partial charge on any atom is -0.480 e. The van der Waals surface area contributed by atoms with E-state index in [-0.39, 0.29) is 23.6 Å². The number of nitro groups is 1. The van der Waals surface area contributed by atoms with Crippen LogP contribution in [-0.4, -0.2) is 27.9 Å². The average Bonchev–Trinajstić information content (AvgIpc) is 2.37. The third-order valence-corrected chi connectivity index (χ3v) is 2.66. The molecule has 0 aliphatic heterocycles. The van der Waals surface area contributed by atoms with Crippen molar-refractivity contribution in [2.45, 2.75) is 26.3 Å². The summed E-state index contributed by atoms with van der Waals surface area (Å²) < 4.78 is 0. The SMILES string of the molecule is CC(C)CC(NC(=O)c1ccccc1[N+](=O)[O-])C(=O)O. The summed E-state index contributed by atoms with van der Waals surface area (Å²) in [7, 11) is 0. The number of carboxylic acids is 1. The fraction of sp³-hybridized carbons (Fsp3) is 0.385. The largest absolute Gasteiger partial charge is 0.480 e. The van der Waals surface area contributed by atoms with Crippen molar-refractivity contribution in [2.75, 3.05) is 0 Å². The first kappa shape index (κ1) is 15.6. The topological polar surface area (TPSA) is 110 Å². The lowest BCUT2D eigenvalue weighted by Crippen LogP contribution is -2.41. The fourth-order valence-corrected chi connectivity index (χ4v) is 1.75. The molecule has 0 saturated carbocycles. The highest BCUT2D eigenvalue weighted by atomic mass is 16.6. The Labute approximate surface area is 115 Å². The van der Waals surface area contributed by atoms with Crippen LogP contribution in [0.5, 0.6) is 0 Å². The van der Waals surface area contributed by atoms with Gasteiger partial charge in [-0.25, -0.2) is 4.79 Å². The Morgan fingerprint density at radius 2 is 1.95 bits per heavy atom. The fourth-order valence-electron chi connectivity index (χ4n) is 1.75. The lowest BCUT2D eigenvalue weighted by molar-refractivity contribution is -0.385. The molecule has 108 valence electrons. The van der Waals surface area contributed by atoms with Gasteiger partial charge in [-0.15, -0.1) is 0 Å². The lowest BCUT2D eigenvalue weighted by atomic mass is 10.0. The molecule has 7 nitrogen and oxygen atoms in total. The Morgan fingerprint density at radius 1 is 1.35 bits per heavy atom. The lowest BCUT2D eigenvalue weighted by Gasteiger charge is -2.16. The highest BCUT2D eigenvalue weighted by Crippen LogP contribution is 2.18. The van der Waals surface area contributed by atoms with Gasteiger partial charge in [0.05, 0.1) is 4.92 Å². The van der Waals surface area contributed by atoms with Crippen molar-refractivity contribution in [1.29, 1.82) is 0 Å². The van der Waals surface area contributed by atoms with Crippen molar-refractivity contribution in [3.63, 3.8) is 0 Å². The summed E-state index contributed by atoms with van der Waals surface area (Å²) in [6.07, 6.45) is 0.252. The number of nitro benzene ring substituents is 1. The van der Waals surface area contributed by atoms with Crippen LogP contribution >= 0.6 is 0 Å². The summed E-state index contributed by atoms with van der Waals surface area (Å²) in [5.41, 5.74) is -0.494. The number of hydrogen-bond donors (Lipinski definition) is 2. The van der Waals surface area contributed by atoms with E-state index in [1.807, 2.05) is 13.8 Å². The molecule has 0 aliphatic rings. The molecular weight excluding hydrogens is 264 g/mol. The van der Waals surface area contributed by atoms with Crippen LogP contribution in [0.2, 0.25) is 0 Å². The minimum absolute atomic E-state index is 0.0714. The van der Waals surface area contributed by atoms with Gasteiger partial charge in [0, 0.05) is 6.07 Å². The van der Waals surface area contributed by atoms with Gasteiger partial charge in [-0.2, -0.15) is 0 Å². The molecular formula is C13H16N2O5. The van der Waals surface area contributed by atoms with Crippen molar-refractivity contribution in [3.05, 3.63) is 39.9 Å². The van der Waals surface area contributed by atoms with Gasteiger partial charge in [-0.05, 0) is 18.4 Å². The molecule has 1 atom stereocenters. The zero-order chi connectivity index (χ0) is 15.3. The smallest absolute Gasteiger partial charge is 0.326 e. The number of amides is 1. The Morgan fingerprint density at radius 3 is 2.45 bits per heavy atom. The molecule has 1 unspecified atom stereocenters. The number of carbonyl (C=O) groups is 2. The van der Waals surface area contributed by atoms with E-state index in [2.05, 4.69) is 5.32 Å². The maximum absolute atomic E-state index is 12.0. The predicted octanol–water partition coefficient (Wildman–Crippen LogP) is 1.82. The number of aliphatic carboxylic acids is 1. The molecule has 1 aromatic rings. The zero-order valence-electron chi connectivity index (χ0n) is 11.2. The summed E-state index contributed by atoms with van der Waals surface area (Å²) in [5, 5.41) is 22.2. The summed E-state index contributed by atoms with van der Waals surface area (Å²) in [5.74, 6) is -1.85. The maximum Gasteiger partial charge on any atom is 0.326 e. The van der Waals surface area contributed by atoms with Crippen LogP contribution in [0.3, 0.4) is 0 Å². The summed E-state index contributed by atoms with van der Waals surface area (Å²) in [6.45, 7) is 3.65. The number of carbonyl (C=O) groups excluding carboxylic acids is 1. The normalized spacial score (nSPS) is 11.9. The molecule has 0 radical (unpaired) electrons. The number of nitrogens with zero attached hydrogens (tertiary/aromatic N) is 1. The van der Waals surface area contributed by atoms with Crippen molar-refractivity contribution >= 4 is 17.6 Å². The van der Waals surface area contributed by atoms with Gasteiger partial charge >= 0.3 is 5.97 Å².